The summed E-state index contributed by atoms with van der Waals surface area (Å²) in [5, 5.41) is 4.17. The number of hydrazone groups is 1. The molecule has 8 heteroatoms. The van der Waals surface area contributed by atoms with Crippen molar-refractivity contribution in [3.8, 4) is 5.69 Å². The number of sulfonamides is 1. The predicted molar refractivity (Wildman–Crippen MR) is 157 cm³/mol. The van der Waals surface area contributed by atoms with E-state index in [9.17, 15) is 13.2 Å². The molecule has 3 aromatic carbocycles. The molecule has 0 aliphatic rings. The van der Waals surface area contributed by atoms with Gasteiger partial charge in [-0.05, 0) is 88.6 Å². The molecule has 202 valence electrons. The Morgan fingerprint density at radius 3 is 2.26 bits per heavy atom. The highest BCUT2D eigenvalue weighted by Crippen LogP contribution is 2.28. The minimum atomic E-state index is -4.01. The summed E-state index contributed by atoms with van der Waals surface area (Å²) >= 11 is 0. The van der Waals surface area contributed by atoms with Crippen LogP contribution >= 0.6 is 0 Å². The first-order valence-corrected chi connectivity index (χ1v) is 14.2. The van der Waals surface area contributed by atoms with Crippen LogP contribution in [0.25, 0.3) is 5.69 Å². The van der Waals surface area contributed by atoms with E-state index >= 15 is 0 Å². The van der Waals surface area contributed by atoms with Gasteiger partial charge in [0.25, 0.3) is 15.9 Å². The van der Waals surface area contributed by atoms with Crippen molar-refractivity contribution < 1.29 is 13.2 Å². The molecule has 0 radical (unpaired) electrons. The van der Waals surface area contributed by atoms with Crippen molar-refractivity contribution in [1.29, 1.82) is 0 Å². The van der Waals surface area contributed by atoms with Crippen molar-refractivity contribution in [2.24, 2.45) is 5.10 Å². The average Bonchev–Trinajstić information content (AvgIpc) is 3.17. The van der Waals surface area contributed by atoms with Gasteiger partial charge in [0.05, 0.1) is 16.8 Å². The zero-order valence-electron chi connectivity index (χ0n) is 23.2. The third-order valence-corrected chi connectivity index (χ3v) is 8.73. The van der Waals surface area contributed by atoms with Gasteiger partial charge < -0.3 is 4.57 Å². The highest BCUT2D eigenvalue weighted by atomic mass is 32.2. The molecule has 0 bridgehead atoms. The number of carbonyl (C=O) groups is 1. The van der Waals surface area contributed by atoms with Crippen LogP contribution < -0.4 is 9.73 Å². The Hall–Kier alpha value is -4.17. The maximum absolute atomic E-state index is 13.7. The maximum atomic E-state index is 13.7. The first-order valence-electron chi connectivity index (χ1n) is 12.7. The molecule has 0 spiro atoms. The Labute approximate surface area is 230 Å². The summed E-state index contributed by atoms with van der Waals surface area (Å²) in [6.45, 7) is 11.3. The Balaban J connectivity index is 1.59. The van der Waals surface area contributed by atoms with Crippen molar-refractivity contribution in [2.75, 3.05) is 10.8 Å². The average molecular weight is 543 g/mol. The fourth-order valence-corrected chi connectivity index (χ4v) is 6.06. The van der Waals surface area contributed by atoms with Crippen LogP contribution in [0, 0.1) is 41.5 Å². The lowest BCUT2D eigenvalue weighted by molar-refractivity contribution is -0.119. The third-order valence-electron chi connectivity index (χ3n) is 6.96. The molecule has 0 aliphatic carbocycles. The quantitative estimate of drug-likeness (QED) is 0.230. The van der Waals surface area contributed by atoms with E-state index in [1.165, 1.54) is 0 Å². The summed E-state index contributed by atoms with van der Waals surface area (Å²) in [7, 11) is -4.01. The number of anilines is 1. The van der Waals surface area contributed by atoms with Crippen molar-refractivity contribution in [3.63, 3.8) is 0 Å². The van der Waals surface area contributed by atoms with E-state index in [4.69, 9.17) is 0 Å². The summed E-state index contributed by atoms with van der Waals surface area (Å²) in [5.41, 5.74) is 10.8. The molecule has 1 heterocycles. The molecule has 1 N–H and O–H groups in total. The van der Waals surface area contributed by atoms with Crippen LogP contribution in [0.5, 0.6) is 0 Å². The van der Waals surface area contributed by atoms with Gasteiger partial charge in [0, 0.05) is 22.6 Å². The molecule has 0 saturated carbocycles. The number of para-hydroxylation sites is 1. The summed E-state index contributed by atoms with van der Waals surface area (Å²) in [4.78, 5) is 13.2. The molecule has 7 nitrogen and oxygen atoms in total. The van der Waals surface area contributed by atoms with Crippen LogP contribution in [-0.4, -0.2) is 31.7 Å². The molecule has 4 rings (SSSR count). The standard InChI is InChI=1S/C31H34N4O3S/c1-21-14-16-28(17-15-21)39(37,38)34(30-13-9-11-22(2)25(30)5)20-31(36)33-32-19-27-18-24(4)35(26(27)6)29-12-8-7-10-23(29)3/h7-19H,20H2,1-6H3,(H,33,36)/b32-19-. The highest BCUT2D eigenvalue weighted by molar-refractivity contribution is 7.92. The summed E-state index contributed by atoms with van der Waals surface area (Å²) < 4.78 is 30.7. The van der Waals surface area contributed by atoms with Crippen LogP contribution in [0.1, 0.15) is 39.2 Å². The van der Waals surface area contributed by atoms with E-state index in [-0.39, 0.29) is 4.90 Å². The smallest absolute Gasteiger partial charge is 0.264 e. The molecule has 1 amide bonds. The molecule has 4 aromatic rings. The molecule has 39 heavy (non-hydrogen) atoms. The fraction of sp³-hybridized carbons (Fsp3) is 0.226. The number of hydrogen-bond donors (Lipinski definition) is 1. The second-order valence-corrected chi connectivity index (χ2v) is 11.6. The summed E-state index contributed by atoms with van der Waals surface area (Å²) in [5.74, 6) is -0.546. The topological polar surface area (TPSA) is 83.8 Å². The number of carbonyl (C=O) groups excluding carboxylic acids is 1. The summed E-state index contributed by atoms with van der Waals surface area (Å²) in [6, 6.07) is 22.1. The monoisotopic (exact) mass is 542 g/mol. The number of benzene rings is 3. The Morgan fingerprint density at radius 2 is 1.56 bits per heavy atom. The zero-order valence-corrected chi connectivity index (χ0v) is 24.0. The number of rotatable bonds is 8. The van der Waals surface area contributed by atoms with Gasteiger partial charge in [-0.15, -0.1) is 0 Å². The lowest BCUT2D eigenvalue weighted by Gasteiger charge is -2.26. The highest BCUT2D eigenvalue weighted by Gasteiger charge is 2.28. The van der Waals surface area contributed by atoms with Gasteiger partial charge in [-0.3, -0.25) is 9.10 Å². The lowest BCUT2D eigenvalue weighted by atomic mass is 10.1. The molecular weight excluding hydrogens is 508 g/mol. The van der Waals surface area contributed by atoms with Gasteiger partial charge in [-0.1, -0.05) is 48.0 Å². The normalized spacial score (nSPS) is 11.6. The van der Waals surface area contributed by atoms with Gasteiger partial charge in [0.1, 0.15) is 6.54 Å². The van der Waals surface area contributed by atoms with Crippen LogP contribution in [-0.2, 0) is 14.8 Å². The van der Waals surface area contributed by atoms with Crippen LogP contribution in [0.4, 0.5) is 5.69 Å². The maximum Gasteiger partial charge on any atom is 0.264 e. The van der Waals surface area contributed by atoms with E-state index in [2.05, 4.69) is 34.2 Å². The van der Waals surface area contributed by atoms with Crippen molar-refractivity contribution in [2.45, 2.75) is 46.4 Å². The minimum absolute atomic E-state index is 0.119. The SMILES string of the molecule is Cc1ccc(S(=O)(=O)N(CC(=O)N/N=C\c2cc(C)n(-c3ccccc3C)c2C)c2cccc(C)c2C)cc1. The number of aromatic nitrogens is 1. The second-order valence-electron chi connectivity index (χ2n) is 9.79. The molecule has 0 unspecified atom stereocenters. The second kappa shape index (κ2) is 11.3. The van der Waals surface area contributed by atoms with Gasteiger partial charge in [-0.2, -0.15) is 5.10 Å². The Bertz CT molecular complexity index is 1650. The van der Waals surface area contributed by atoms with Crippen LogP contribution in [0.3, 0.4) is 0 Å². The molecule has 0 saturated heterocycles. The van der Waals surface area contributed by atoms with Gasteiger partial charge in [0.2, 0.25) is 0 Å². The van der Waals surface area contributed by atoms with Crippen molar-refractivity contribution in [3.05, 3.63) is 112 Å². The van der Waals surface area contributed by atoms with E-state index in [1.807, 2.05) is 58.9 Å². The number of nitrogens with one attached hydrogen (secondary N) is 1. The van der Waals surface area contributed by atoms with E-state index in [1.54, 1.807) is 42.6 Å². The van der Waals surface area contributed by atoms with E-state index in [0.717, 1.165) is 49.2 Å². The minimum Gasteiger partial charge on any atom is -0.318 e. The number of amides is 1. The van der Waals surface area contributed by atoms with E-state index in [0.29, 0.717) is 5.69 Å². The third kappa shape index (κ3) is 5.81. The van der Waals surface area contributed by atoms with Crippen molar-refractivity contribution >= 4 is 27.8 Å². The van der Waals surface area contributed by atoms with E-state index < -0.39 is 22.5 Å². The lowest BCUT2D eigenvalue weighted by Crippen LogP contribution is -2.40. The molecular formula is C31H34N4O3S. The van der Waals surface area contributed by atoms with Gasteiger partial charge in [0.15, 0.2) is 0 Å². The Morgan fingerprint density at radius 1 is 0.897 bits per heavy atom. The van der Waals surface area contributed by atoms with Crippen molar-refractivity contribution in [1.82, 2.24) is 9.99 Å². The molecule has 0 fully saturated rings. The number of nitrogens with zero attached hydrogens (tertiary/aromatic N) is 3. The molecule has 0 atom stereocenters. The first kappa shape index (κ1) is 27.9. The fourth-order valence-electron chi connectivity index (χ4n) is 4.59. The Kier molecular flexibility index (Phi) is 8.06. The summed E-state index contributed by atoms with van der Waals surface area (Å²) in [6.07, 6.45) is 1.59. The van der Waals surface area contributed by atoms with Gasteiger partial charge in [-0.25, -0.2) is 13.8 Å². The van der Waals surface area contributed by atoms with Crippen LogP contribution in [0.15, 0.2) is 82.8 Å². The molecule has 1 aromatic heterocycles. The first-order chi connectivity index (χ1) is 18.5. The number of aryl methyl sites for hydroxylation is 4. The largest absolute Gasteiger partial charge is 0.318 e. The zero-order chi connectivity index (χ0) is 28.3. The van der Waals surface area contributed by atoms with Gasteiger partial charge >= 0.3 is 0 Å². The van der Waals surface area contributed by atoms with Crippen LogP contribution in [0.2, 0.25) is 0 Å². The number of hydrogen-bond acceptors (Lipinski definition) is 4. The predicted octanol–water partition coefficient (Wildman–Crippen LogP) is 5.67. The molecule has 0 aliphatic heterocycles.